The van der Waals surface area contributed by atoms with Crippen LogP contribution in [-0.4, -0.2) is 52.6 Å². The first kappa shape index (κ1) is 20.1. The van der Waals surface area contributed by atoms with Gasteiger partial charge < -0.3 is 4.90 Å². The third-order valence-corrected chi connectivity index (χ3v) is 6.74. The number of nitriles is 1. The largest absolute Gasteiger partial charge is 0.334 e. The number of hydrogen-bond donors (Lipinski definition) is 0. The molecule has 1 aliphatic rings. The summed E-state index contributed by atoms with van der Waals surface area (Å²) >= 11 is 0. The summed E-state index contributed by atoms with van der Waals surface area (Å²) in [7, 11) is -3.14. The Morgan fingerprint density at radius 3 is 2.62 bits per heavy atom. The van der Waals surface area contributed by atoms with Gasteiger partial charge in [0.2, 0.25) is 5.91 Å². The maximum Gasteiger partial charge on any atom is 0.285 e. The van der Waals surface area contributed by atoms with Crippen molar-refractivity contribution in [2.75, 3.05) is 11.5 Å². The van der Waals surface area contributed by atoms with Crippen LogP contribution in [0.4, 0.5) is 0 Å². The Balaban J connectivity index is 2.36. The SMILES string of the molecule is CC[C@@H](C)N(C(=O)Cn1nc(C)c(C)c(C#N)c1=O)[C@@H]1CCS(=O)(=O)C1. The molecule has 1 aromatic heterocycles. The normalized spacial score (nSPS) is 19.7. The van der Waals surface area contributed by atoms with Gasteiger partial charge in [-0.2, -0.15) is 10.4 Å². The average molecular weight is 380 g/mol. The van der Waals surface area contributed by atoms with E-state index in [4.69, 9.17) is 0 Å². The summed E-state index contributed by atoms with van der Waals surface area (Å²) in [5.41, 5.74) is 0.380. The van der Waals surface area contributed by atoms with Crippen LogP contribution in [0, 0.1) is 25.2 Å². The zero-order valence-corrected chi connectivity index (χ0v) is 16.3. The lowest BCUT2D eigenvalue weighted by Crippen LogP contribution is -2.49. The van der Waals surface area contributed by atoms with Crippen LogP contribution in [0.3, 0.4) is 0 Å². The number of nitrogens with zero attached hydrogens (tertiary/aromatic N) is 4. The van der Waals surface area contributed by atoms with Crippen LogP contribution in [0.15, 0.2) is 4.79 Å². The average Bonchev–Trinajstić information content (AvgIpc) is 2.92. The van der Waals surface area contributed by atoms with Crippen molar-refractivity contribution in [2.24, 2.45) is 0 Å². The molecule has 1 fully saturated rings. The second kappa shape index (κ2) is 7.58. The molecule has 2 heterocycles. The van der Waals surface area contributed by atoms with Gasteiger partial charge in [-0.3, -0.25) is 9.59 Å². The third kappa shape index (κ3) is 3.96. The lowest BCUT2D eigenvalue weighted by Gasteiger charge is -2.33. The van der Waals surface area contributed by atoms with E-state index in [0.29, 0.717) is 24.1 Å². The van der Waals surface area contributed by atoms with Crippen molar-refractivity contribution in [3.05, 3.63) is 27.2 Å². The van der Waals surface area contributed by atoms with Crippen LogP contribution in [0.5, 0.6) is 0 Å². The van der Waals surface area contributed by atoms with Gasteiger partial charge >= 0.3 is 0 Å². The Morgan fingerprint density at radius 1 is 1.46 bits per heavy atom. The van der Waals surface area contributed by atoms with Crippen LogP contribution in [0.2, 0.25) is 0 Å². The van der Waals surface area contributed by atoms with Crippen LogP contribution in [-0.2, 0) is 21.2 Å². The fraction of sp³-hybridized carbons (Fsp3) is 0.647. The first-order valence-electron chi connectivity index (χ1n) is 8.61. The molecule has 26 heavy (non-hydrogen) atoms. The van der Waals surface area contributed by atoms with E-state index in [0.717, 1.165) is 4.68 Å². The third-order valence-electron chi connectivity index (χ3n) is 4.99. The highest BCUT2D eigenvalue weighted by molar-refractivity contribution is 7.91. The highest BCUT2D eigenvalue weighted by atomic mass is 32.2. The van der Waals surface area contributed by atoms with Gasteiger partial charge in [-0.05, 0) is 39.2 Å². The predicted octanol–water partition coefficient (Wildman–Crippen LogP) is 0.546. The molecule has 2 rings (SSSR count). The number of carbonyl (C=O) groups excluding carboxylic acids is 1. The van der Waals surface area contributed by atoms with Gasteiger partial charge in [0.1, 0.15) is 18.2 Å². The molecule has 1 amide bonds. The van der Waals surface area contributed by atoms with Gasteiger partial charge in [-0.25, -0.2) is 13.1 Å². The molecule has 2 atom stereocenters. The van der Waals surface area contributed by atoms with Gasteiger partial charge in [0.05, 0.1) is 17.2 Å². The highest BCUT2D eigenvalue weighted by Gasteiger charge is 2.36. The first-order chi connectivity index (χ1) is 12.1. The molecule has 1 aliphatic heterocycles. The van der Waals surface area contributed by atoms with Crippen LogP contribution < -0.4 is 5.56 Å². The monoisotopic (exact) mass is 380 g/mol. The van der Waals surface area contributed by atoms with Gasteiger partial charge in [0.15, 0.2) is 9.84 Å². The van der Waals surface area contributed by atoms with E-state index in [9.17, 15) is 23.3 Å². The summed E-state index contributed by atoms with van der Waals surface area (Å²) in [5.74, 6) is -0.344. The maximum absolute atomic E-state index is 12.9. The van der Waals surface area contributed by atoms with Crippen molar-refractivity contribution in [3.8, 4) is 6.07 Å². The van der Waals surface area contributed by atoms with Crippen molar-refractivity contribution < 1.29 is 13.2 Å². The molecule has 1 saturated heterocycles. The number of sulfone groups is 1. The molecule has 9 heteroatoms. The van der Waals surface area contributed by atoms with E-state index in [-0.39, 0.29) is 41.6 Å². The van der Waals surface area contributed by atoms with Crippen LogP contribution in [0.1, 0.15) is 43.5 Å². The van der Waals surface area contributed by atoms with Gasteiger partial charge in [0, 0.05) is 12.1 Å². The highest BCUT2D eigenvalue weighted by Crippen LogP contribution is 2.21. The first-order valence-corrected chi connectivity index (χ1v) is 10.4. The minimum absolute atomic E-state index is 0.0242. The molecule has 0 aromatic carbocycles. The van der Waals surface area contributed by atoms with Crippen molar-refractivity contribution in [3.63, 3.8) is 0 Å². The summed E-state index contributed by atoms with van der Waals surface area (Å²) < 4.78 is 24.6. The Labute approximate surface area is 153 Å². The number of rotatable bonds is 5. The zero-order chi connectivity index (χ0) is 19.6. The number of amides is 1. The Hall–Kier alpha value is -2.21. The van der Waals surface area contributed by atoms with E-state index in [2.05, 4.69) is 5.10 Å². The standard InChI is InChI=1S/C17H24N4O4S/c1-5-11(2)21(14-6-7-26(24,25)10-14)16(22)9-20-17(23)15(8-18)12(3)13(4)19-20/h11,14H,5-7,9-10H2,1-4H3/t11-,14-/m1/s1. The van der Waals surface area contributed by atoms with E-state index in [1.165, 1.54) is 0 Å². The number of hydrogen-bond acceptors (Lipinski definition) is 6. The molecular weight excluding hydrogens is 356 g/mol. The molecule has 1 aromatic rings. The predicted molar refractivity (Wildman–Crippen MR) is 96.3 cm³/mol. The summed E-state index contributed by atoms with van der Waals surface area (Å²) in [6.45, 7) is 6.79. The van der Waals surface area contributed by atoms with E-state index in [1.54, 1.807) is 18.7 Å². The van der Waals surface area contributed by atoms with E-state index < -0.39 is 15.4 Å². The van der Waals surface area contributed by atoms with Crippen molar-refractivity contribution >= 4 is 15.7 Å². The lowest BCUT2D eigenvalue weighted by atomic mass is 10.1. The second-order valence-corrected chi connectivity index (χ2v) is 9.00. The van der Waals surface area contributed by atoms with Gasteiger partial charge in [0.25, 0.3) is 5.56 Å². The fourth-order valence-corrected chi connectivity index (χ4v) is 4.93. The molecule has 0 saturated carbocycles. The number of aromatic nitrogens is 2. The lowest BCUT2D eigenvalue weighted by molar-refractivity contribution is -0.136. The zero-order valence-electron chi connectivity index (χ0n) is 15.5. The van der Waals surface area contributed by atoms with Crippen molar-refractivity contribution in [1.29, 1.82) is 5.26 Å². The summed E-state index contributed by atoms with van der Waals surface area (Å²) in [6, 6.07) is 1.33. The minimum Gasteiger partial charge on any atom is -0.334 e. The maximum atomic E-state index is 12.9. The summed E-state index contributed by atoms with van der Waals surface area (Å²) in [4.78, 5) is 26.9. The van der Waals surface area contributed by atoms with E-state index >= 15 is 0 Å². The topological polar surface area (TPSA) is 113 Å². The molecule has 0 bridgehead atoms. The molecule has 0 radical (unpaired) electrons. The quantitative estimate of drug-likeness (QED) is 0.737. The molecular formula is C17H24N4O4S. The fourth-order valence-electron chi connectivity index (χ4n) is 3.22. The second-order valence-electron chi connectivity index (χ2n) is 6.78. The number of aryl methyl sites for hydroxylation is 1. The van der Waals surface area contributed by atoms with Gasteiger partial charge in [-0.1, -0.05) is 6.92 Å². The van der Waals surface area contributed by atoms with Crippen LogP contribution in [0.25, 0.3) is 0 Å². The summed E-state index contributed by atoms with van der Waals surface area (Å²) in [6.07, 6.45) is 1.07. The molecule has 0 unspecified atom stereocenters. The van der Waals surface area contributed by atoms with Crippen molar-refractivity contribution in [2.45, 2.75) is 59.2 Å². The van der Waals surface area contributed by atoms with Gasteiger partial charge in [-0.15, -0.1) is 0 Å². The molecule has 0 N–H and O–H groups in total. The van der Waals surface area contributed by atoms with Crippen molar-refractivity contribution in [1.82, 2.24) is 14.7 Å². The van der Waals surface area contributed by atoms with Crippen LogP contribution >= 0.6 is 0 Å². The number of carbonyl (C=O) groups is 1. The smallest absolute Gasteiger partial charge is 0.285 e. The molecule has 0 spiro atoms. The molecule has 142 valence electrons. The minimum atomic E-state index is -3.14. The Kier molecular flexibility index (Phi) is 5.86. The molecule has 0 aliphatic carbocycles. The Morgan fingerprint density at radius 2 is 2.12 bits per heavy atom. The molecule has 8 nitrogen and oxygen atoms in total. The van der Waals surface area contributed by atoms with E-state index in [1.807, 2.05) is 19.9 Å². The summed E-state index contributed by atoms with van der Waals surface area (Å²) in [5, 5.41) is 13.3. The Bertz CT molecular complexity index is 914.